The molecule has 0 aliphatic heterocycles. The molecule has 6 heteroatoms. The van der Waals surface area contributed by atoms with Crippen LogP contribution in [-0.2, 0) is 15.9 Å². The number of hydrogen-bond donors (Lipinski definition) is 1. The molecule has 0 saturated carbocycles. The van der Waals surface area contributed by atoms with E-state index in [9.17, 15) is 17.2 Å². The van der Waals surface area contributed by atoms with Crippen molar-refractivity contribution < 1.29 is 17.2 Å². The average molecular weight is 221 g/mol. The van der Waals surface area contributed by atoms with Gasteiger partial charge in [0.2, 0.25) is 10.0 Å². The lowest BCUT2D eigenvalue weighted by Crippen LogP contribution is -2.19. The Kier molecular flexibility index (Phi) is 2.60. The van der Waals surface area contributed by atoms with Crippen molar-refractivity contribution in [2.24, 2.45) is 5.14 Å². The molecule has 0 radical (unpaired) electrons. The summed E-state index contributed by atoms with van der Waals surface area (Å²) in [6.45, 7) is 0.622. The molecule has 1 rings (SSSR count). The van der Waals surface area contributed by atoms with Crippen LogP contribution in [0.2, 0.25) is 0 Å². The second-order valence-corrected chi connectivity index (χ2v) is 4.46. The first kappa shape index (κ1) is 11.1. The summed E-state index contributed by atoms with van der Waals surface area (Å²) in [5.74, 6) is -3.22. The predicted molar refractivity (Wildman–Crippen MR) is 47.4 cm³/mol. The molecule has 0 unspecified atom stereocenters. The van der Waals surface area contributed by atoms with Crippen LogP contribution >= 0.6 is 0 Å². The predicted octanol–water partition coefficient (Wildman–Crippen LogP) is 1.45. The van der Waals surface area contributed by atoms with Gasteiger partial charge in [0.25, 0.3) is 5.92 Å². The standard InChI is InChI=1S/C8H9F2NO2S/c1-8(9,10)6-4-2-3-5-7(6)14(11,12)13/h2-5H,1H3,(H2,11,12,13). The average Bonchev–Trinajstić information content (AvgIpc) is 2.01. The summed E-state index contributed by atoms with van der Waals surface area (Å²) >= 11 is 0. The van der Waals surface area contributed by atoms with Crippen LogP contribution in [-0.4, -0.2) is 8.42 Å². The van der Waals surface area contributed by atoms with Gasteiger partial charge in [-0.2, -0.15) is 0 Å². The van der Waals surface area contributed by atoms with Crippen molar-refractivity contribution in [3.8, 4) is 0 Å². The maximum atomic E-state index is 12.9. The Balaban J connectivity index is 3.47. The second-order valence-electron chi connectivity index (χ2n) is 2.93. The van der Waals surface area contributed by atoms with Crippen molar-refractivity contribution in [3.05, 3.63) is 29.8 Å². The molecular weight excluding hydrogens is 212 g/mol. The van der Waals surface area contributed by atoms with Gasteiger partial charge < -0.3 is 0 Å². The van der Waals surface area contributed by atoms with Gasteiger partial charge in [0.1, 0.15) is 0 Å². The quantitative estimate of drug-likeness (QED) is 0.821. The molecule has 0 spiro atoms. The fraction of sp³-hybridized carbons (Fsp3) is 0.250. The van der Waals surface area contributed by atoms with Gasteiger partial charge >= 0.3 is 0 Å². The van der Waals surface area contributed by atoms with E-state index >= 15 is 0 Å². The largest absolute Gasteiger partial charge is 0.271 e. The molecule has 0 aliphatic carbocycles. The van der Waals surface area contributed by atoms with Crippen LogP contribution in [0.25, 0.3) is 0 Å². The highest BCUT2D eigenvalue weighted by atomic mass is 32.2. The van der Waals surface area contributed by atoms with Gasteiger partial charge in [-0.15, -0.1) is 0 Å². The summed E-state index contributed by atoms with van der Waals surface area (Å²) in [7, 11) is -4.10. The van der Waals surface area contributed by atoms with E-state index in [1.54, 1.807) is 0 Å². The molecule has 1 aromatic rings. The fourth-order valence-corrected chi connectivity index (χ4v) is 1.90. The highest BCUT2D eigenvalue weighted by Gasteiger charge is 2.30. The number of rotatable bonds is 2. The number of hydrogen-bond acceptors (Lipinski definition) is 2. The Morgan fingerprint density at radius 2 is 1.79 bits per heavy atom. The van der Waals surface area contributed by atoms with Crippen molar-refractivity contribution in [2.75, 3.05) is 0 Å². The summed E-state index contributed by atoms with van der Waals surface area (Å²) in [5, 5.41) is 4.79. The number of alkyl halides is 2. The smallest absolute Gasteiger partial charge is 0.225 e. The van der Waals surface area contributed by atoms with Crippen LogP contribution in [0.4, 0.5) is 8.78 Å². The van der Waals surface area contributed by atoms with Gasteiger partial charge in [0.05, 0.1) is 4.90 Å². The van der Waals surface area contributed by atoms with Crippen molar-refractivity contribution in [3.63, 3.8) is 0 Å². The molecule has 0 bridgehead atoms. The Bertz CT molecular complexity index is 437. The normalized spacial score (nSPS) is 12.9. The van der Waals surface area contributed by atoms with E-state index < -0.39 is 26.4 Å². The second kappa shape index (κ2) is 3.29. The van der Waals surface area contributed by atoms with Crippen LogP contribution < -0.4 is 5.14 Å². The van der Waals surface area contributed by atoms with Gasteiger partial charge in [-0.05, 0) is 6.07 Å². The number of benzene rings is 1. The van der Waals surface area contributed by atoms with E-state index in [0.29, 0.717) is 6.92 Å². The lowest BCUT2D eigenvalue weighted by Gasteiger charge is -2.13. The first-order valence-corrected chi connectivity index (χ1v) is 5.27. The van der Waals surface area contributed by atoms with E-state index in [1.807, 2.05) is 0 Å². The molecular formula is C8H9F2NO2S. The van der Waals surface area contributed by atoms with Crippen LogP contribution in [0.15, 0.2) is 29.2 Å². The SMILES string of the molecule is CC(F)(F)c1ccccc1S(N)(=O)=O. The topological polar surface area (TPSA) is 60.2 Å². The molecule has 0 aromatic heterocycles. The lowest BCUT2D eigenvalue weighted by atomic mass is 10.1. The van der Waals surface area contributed by atoms with Crippen molar-refractivity contribution in [1.82, 2.24) is 0 Å². The number of primary sulfonamides is 1. The minimum atomic E-state index is -4.10. The zero-order valence-corrected chi connectivity index (χ0v) is 8.18. The Hall–Kier alpha value is -1.01. The van der Waals surface area contributed by atoms with E-state index in [2.05, 4.69) is 0 Å². The van der Waals surface area contributed by atoms with E-state index in [-0.39, 0.29) is 0 Å². The van der Waals surface area contributed by atoms with Crippen molar-refractivity contribution >= 4 is 10.0 Å². The minimum Gasteiger partial charge on any atom is -0.225 e. The first-order chi connectivity index (χ1) is 6.23. The zero-order valence-electron chi connectivity index (χ0n) is 7.37. The Morgan fingerprint density at radius 3 is 2.14 bits per heavy atom. The van der Waals surface area contributed by atoms with Gasteiger partial charge in [-0.3, -0.25) is 0 Å². The van der Waals surface area contributed by atoms with Crippen molar-refractivity contribution in [2.45, 2.75) is 17.7 Å². The molecule has 0 amide bonds. The third kappa shape index (κ3) is 2.27. The molecule has 3 nitrogen and oxygen atoms in total. The first-order valence-electron chi connectivity index (χ1n) is 3.73. The molecule has 2 N–H and O–H groups in total. The number of halogens is 2. The van der Waals surface area contributed by atoms with Gasteiger partial charge in [0.15, 0.2) is 0 Å². The monoisotopic (exact) mass is 221 g/mol. The molecule has 1 aromatic carbocycles. The molecule has 0 heterocycles. The lowest BCUT2D eigenvalue weighted by molar-refractivity contribution is 0.0144. The highest BCUT2D eigenvalue weighted by molar-refractivity contribution is 7.89. The molecule has 78 valence electrons. The molecule has 14 heavy (non-hydrogen) atoms. The third-order valence-corrected chi connectivity index (χ3v) is 2.64. The summed E-state index contributed by atoms with van der Waals surface area (Å²) in [6, 6.07) is 4.78. The van der Waals surface area contributed by atoms with Crippen LogP contribution in [0.1, 0.15) is 12.5 Å². The van der Waals surface area contributed by atoms with Crippen LogP contribution in [0.3, 0.4) is 0 Å². The number of sulfonamides is 1. The van der Waals surface area contributed by atoms with Crippen molar-refractivity contribution in [1.29, 1.82) is 0 Å². The minimum absolute atomic E-state index is 0.535. The maximum Gasteiger partial charge on any atom is 0.271 e. The van der Waals surface area contributed by atoms with E-state index in [4.69, 9.17) is 5.14 Å². The summed E-state index contributed by atoms with van der Waals surface area (Å²) < 4.78 is 47.7. The van der Waals surface area contributed by atoms with Gasteiger partial charge in [-0.1, -0.05) is 18.2 Å². The summed E-state index contributed by atoms with van der Waals surface area (Å²) in [5.41, 5.74) is -0.581. The van der Waals surface area contributed by atoms with E-state index in [0.717, 1.165) is 12.1 Å². The Labute approximate surface area is 80.6 Å². The van der Waals surface area contributed by atoms with Crippen LogP contribution in [0, 0.1) is 0 Å². The fourth-order valence-electron chi connectivity index (χ4n) is 1.08. The number of nitrogens with two attached hydrogens (primary N) is 1. The van der Waals surface area contributed by atoms with Gasteiger partial charge in [-0.25, -0.2) is 22.3 Å². The summed E-state index contributed by atoms with van der Waals surface area (Å²) in [6.07, 6.45) is 0. The molecule has 0 saturated heterocycles. The van der Waals surface area contributed by atoms with Crippen LogP contribution in [0.5, 0.6) is 0 Å². The molecule has 0 aliphatic rings. The highest BCUT2D eigenvalue weighted by Crippen LogP contribution is 2.31. The third-order valence-electron chi connectivity index (χ3n) is 1.67. The molecule has 0 atom stereocenters. The molecule has 0 fully saturated rings. The van der Waals surface area contributed by atoms with E-state index in [1.165, 1.54) is 12.1 Å². The Morgan fingerprint density at radius 1 is 1.29 bits per heavy atom. The zero-order chi connectivity index (χ0) is 11.0. The van der Waals surface area contributed by atoms with Gasteiger partial charge in [0, 0.05) is 12.5 Å². The maximum absolute atomic E-state index is 12.9. The summed E-state index contributed by atoms with van der Waals surface area (Å²) in [4.78, 5) is -0.535.